The third-order valence-electron chi connectivity index (χ3n) is 2.09. The summed E-state index contributed by atoms with van der Waals surface area (Å²) >= 11 is 0. The van der Waals surface area contributed by atoms with Crippen molar-refractivity contribution in [2.45, 2.75) is 6.18 Å². The van der Waals surface area contributed by atoms with E-state index in [0.717, 1.165) is 12.3 Å². The maximum Gasteiger partial charge on any atom is 0.417 e. The van der Waals surface area contributed by atoms with E-state index in [9.17, 15) is 13.2 Å². The molecule has 0 atom stereocenters. The van der Waals surface area contributed by atoms with E-state index in [1.807, 2.05) is 0 Å². The van der Waals surface area contributed by atoms with Gasteiger partial charge in [-0.2, -0.15) is 13.2 Å². The third kappa shape index (κ3) is 2.32. The van der Waals surface area contributed by atoms with E-state index in [0.29, 0.717) is 0 Å². The van der Waals surface area contributed by atoms with Crippen LogP contribution in [0.5, 0.6) is 0 Å². The average molecular weight is 240 g/mol. The standard InChI is InChI=1S/C10H7F3N4/c11-10(12,13)7-3-9(14)16-4-6(7)8-1-2-15-5-17-8/h1-5H,(H2,14,16). The zero-order chi connectivity index (χ0) is 12.5. The van der Waals surface area contributed by atoms with Crippen LogP contribution >= 0.6 is 0 Å². The summed E-state index contributed by atoms with van der Waals surface area (Å²) in [6.45, 7) is 0. The fraction of sp³-hybridized carbons (Fsp3) is 0.100. The Labute approximate surface area is 94.3 Å². The van der Waals surface area contributed by atoms with Crippen LogP contribution in [0.3, 0.4) is 0 Å². The second-order valence-electron chi connectivity index (χ2n) is 3.25. The van der Waals surface area contributed by atoms with Gasteiger partial charge in [0.15, 0.2) is 0 Å². The van der Waals surface area contributed by atoms with Crippen molar-refractivity contribution in [3.63, 3.8) is 0 Å². The Morgan fingerprint density at radius 2 is 1.94 bits per heavy atom. The summed E-state index contributed by atoms with van der Waals surface area (Å²) in [5, 5.41) is 0. The van der Waals surface area contributed by atoms with E-state index < -0.39 is 11.7 Å². The Hall–Kier alpha value is -2.18. The fourth-order valence-corrected chi connectivity index (χ4v) is 1.36. The average Bonchev–Trinajstić information content (AvgIpc) is 2.29. The number of halogens is 3. The third-order valence-corrected chi connectivity index (χ3v) is 2.09. The lowest BCUT2D eigenvalue weighted by Crippen LogP contribution is -2.09. The van der Waals surface area contributed by atoms with Gasteiger partial charge in [0.2, 0.25) is 0 Å². The molecule has 0 fully saturated rings. The molecule has 0 radical (unpaired) electrons. The van der Waals surface area contributed by atoms with E-state index in [4.69, 9.17) is 5.73 Å². The number of hydrogen-bond acceptors (Lipinski definition) is 4. The highest BCUT2D eigenvalue weighted by molar-refractivity contribution is 5.64. The van der Waals surface area contributed by atoms with Crippen LogP contribution in [-0.4, -0.2) is 15.0 Å². The summed E-state index contributed by atoms with van der Waals surface area (Å²) in [6, 6.07) is 2.17. The molecule has 17 heavy (non-hydrogen) atoms. The van der Waals surface area contributed by atoms with Crippen LogP contribution in [0, 0.1) is 0 Å². The number of nitrogens with two attached hydrogens (primary N) is 1. The summed E-state index contributed by atoms with van der Waals surface area (Å²) in [5.74, 6) is -0.185. The van der Waals surface area contributed by atoms with Gasteiger partial charge in [-0.05, 0) is 12.1 Å². The lowest BCUT2D eigenvalue weighted by Gasteiger charge is -2.12. The van der Waals surface area contributed by atoms with Crippen LogP contribution < -0.4 is 5.73 Å². The van der Waals surface area contributed by atoms with Gasteiger partial charge in [-0.25, -0.2) is 15.0 Å². The van der Waals surface area contributed by atoms with Crippen molar-refractivity contribution >= 4 is 5.82 Å². The van der Waals surface area contributed by atoms with Gasteiger partial charge in [0, 0.05) is 18.0 Å². The van der Waals surface area contributed by atoms with Crippen molar-refractivity contribution in [1.29, 1.82) is 0 Å². The van der Waals surface area contributed by atoms with Gasteiger partial charge in [-0.3, -0.25) is 0 Å². The van der Waals surface area contributed by atoms with Crippen LogP contribution in [0.2, 0.25) is 0 Å². The summed E-state index contributed by atoms with van der Waals surface area (Å²) in [5.41, 5.74) is 4.44. The quantitative estimate of drug-likeness (QED) is 0.829. The van der Waals surface area contributed by atoms with Gasteiger partial charge in [0.25, 0.3) is 0 Å². The molecule has 2 aromatic rings. The molecular weight excluding hydrogens is 233 g/mol. The lowest BCUT2D eigenvalue weighted by molar-refractivity contribution is -0.137. The zero-order valence-electron chi connectivity index (χ0n) is 8.44. The van der Waals surface area contributed by atoms with Crippen molar-refractivity contribution in [3.8, 4) is 11.3 Å². The Morgan fingerprint density at radius 3 is 2.53 bits per heavy atom. The Morgan fingerprint density at radius 1 is 1.18 bits per heavy atom. The molecule has 0 aliphatic heterocycles. The van der Waals surface area contributed by atoms with E-state index in [-0.39, 0.29) is 17.1 Å². The second-order valence-corrected chi connectivity index (χ2v) is 3.25. The van der Waals surface area contributed by atoms with Crippen molar-refractivity contribution in [1.82, 2.24) is 15.0 Å². The van der Waals surface area contributed by atoms with Gasteiger partial charge in [0.1, 0.15) is 12.1 Å². The van der Waals surface area contributed by atoms with Gasteiger partial charge in [-0.15, -0.1) is 0 Å². The van der Waals surface area contributed by atoms with Gasteiger partial charge < -0.3 is 5.73 Å². The molecule has 2 rings (SSSR count). The summed E-state index contributed by atoms with van der Waals surface area (Å²) in [4.78, 5) is 11.1. The normalized spacial score (nSPS) is 11.5. The maximum atomic E-state index is 12.8. The Kier molecular flexibility index (Phi) is 2.66. The van der Waals surface area contributed by atoms with Gasteiger partial charge in [0.05, 0.1) is 11.3 Å². The first-order valence-electron chi connectivity index (χ1n) is 4.57. The highest BCUT2D eigenvalue weighted by Gasteiger charge is 2.34. The molecular formula is C10H7F3N4. The molecule has 2 heterocycles. The molecule has 0 aromatic carbocycles. The molecule has 0 unspecified atom stereocenters. The number of alkyl halides is 3. The molecule has 2 N–H and O–H groups in total. The van der Waals surface area contributed by atoms with E-state index in [1.54, 1.807) is 0 Å². The molecule has 0 spiro atoms. The van der Waals surface area contributed by atoms with E-state index in [1.165, 1.54) is 18.6 Å². The first-order valence-corrected chi connectivity index (χ1v) is 4.57. The van der Waals surface area contributed by atoms with Crippen molar-refractivity contribution < 1.29 is 13.2 Å². The van der Waals surface area contributed by atoms with Crippen LogP contribution in [0.4, 0.5) is 19.0 Å². The lowest BCUT2D eigenvalue weighted by atomic mass is 10.1. The van der Waals surface area contributed by atoms with E-state index >= 15 is 0 Å². The molecule has 0 bridgehead atoms. The number of pyridine rings is 1. The van der Waals surface area contributed by atoms with Crippen LogP contribution in [0.1, 0.15) is 5.56 Å². The van der Waals surface area contributed by atoms with Crippen LogP contribution in [-0.2, 0) is 6.18 Å². The molecule has 7 heteroatoms. The minimum atomic E-state index is -4.50. The molecule has 2 aromatic heterocycles. The SMILES string of the molecule is Nc1cc(C(F)(F)F)c(-c2ccncn2)cn1. The van der Waals surface area contributed by atoms with Crippen LogP contribution in [0.25, 0.3) is 11.3 Å². The fourth-order valence-electron chi connectivity index (χ4n) is 1.36. The van der Waals surface area contributed by atoms with Gasteiger partial charge in [-0.1, -0.05) is 0 Å². The number of anilines is 1. The Bertz CT molecular complexity index is 525. The zero-order valence-corrected chi connectivity index (χ0v) is 8.44. The van der Waals surface area contributed by atoms with E-state index in [2.05, 4.69) is 15.0 Å². The summed E-state index contributed by atoms with van der Waals surface area (Å²) < 4.78 is 38.4. The molecule has 0 aliphatic carbocycles. The number of aromatic nitrogens is 3. The highest BCUT2D eigenvalue weighted by atomic mass is 19.4. The second kappa shape index (κ2) is 4.00. The molecule has 0 saturated carbocycles. The van der Waals surface area contributed by atoms with Crippen molar-refractivity contribution in [2.24, 2.45) is 0 Å². The maximum absolute atomic E-state index is 12.8. The number of nitrogens with zero attached hydrogens (tertiary/aromatic N) is 3. The Balaban J connectivity index is 2.63. The topological polar surface area (TPSA) is 64.7 Å². The molecule has 0 aliphatic rings. The number of rotatable bonds is 1. The monoisotopic (exact) mass is 240 g/mol. The molecule has 0 amide bonds. The predicted octanol–water partition coefficient (Wildman–Crippen LogP) is 2.14. The summed E-state index contributed by atoms with van der Waals surface area (Å²) in [7, 11) is 0. The molecule has 88 valence electrons. The number of hydrogen-bond donors (Lipinski definition) is 1. The summed E-state index contributed by atoms with van der Waals surface area (Å²) in [6.07, 6.45) is -0.914. The first kappa shape index (κ1) is 11.3. The smallest absolute Gasteiger partial charge is 0.384 e. The first-order chi connectivity index (χ1) is 7.98. The molecule has 0 saturated heterocycles. The predicted molar refractivity (Wildman–Crippen MR) is 54.7 cm³/mol. The van der Waals surface area contributed by atoms with Crippen molar-refractivity contribution in [2.75, 3.05) is 5.73 Å². The minimum Gasteiger partial charge on any atom is -0.384 e. The van der Waals surface area contributed by atoms with Crippen LogP contribution in [0.15, 0.2) is 30.9 Å². The number of nitrogen functional groups attached to an aromatic ring is 1. The van der Waals surface area contributed by atoms with Crippen molar-refractivity contribution in [3.05, 3.63) is 36.4 Å². The largest absolute Gasteiger partial charge is 0.417 e. The highest BCUT2D eigenvalue weighted by Crippen LogP contribution is 2.36. The molecule has 4 nitrogen and oxygen atoms in total. The minimum absolute atomic E-state index is 0.117. The van der Waals surface area contributed by atoms with Gasteiger partial charge >= 0.3 is 6.18 Å².